The van der Waals surface area contributed by atoms with E-state index in [1.807, 2.05) is 42.5 Å². The van der Waals surface area contributed by atoms with Gasteiger partial charge < -0.3 is 4.74 Å². The number of benzene rings is 1. The summed E-state index contributed by atoms with van der Waals surface area (Å²) < 4.78 is 5.19. The highest BCUT2D eigenvalue weighted by Crippen LogP contribution is 2.15. The quantitative estimate of drug-likeness (QED) is 0.435. The Bertz CT molecular complexity index is 402. The Kier molecular flexibility index (Phi) is 5.80. The first-order valence-electron chi connectivity index (χ1n) is 5.84. The molecule has 1 aromatic rings. The molecule has 2 nitrogen and oxygen atoms in total. The fourth-order valence-electron chi connectivity index (χ4n) is 1.36. The number of ether oxygens (including phenoxy) is 1. The second-order valence-corrected chi connectivity index (χ2v) is 3.71. The molecule has 0 aliphatic rings. The Morgan fingerprint density at radius 1 is 1.29 bits per heavy atom. The van der Waals surface area contributed by atoms with Crippen LogP contribution in [0.2, 0.25) is 0 Å². The van der Waals surface area contributed by atoms with E-state index in [1.54, 1.807) is 0 Å². The normalized spacial score (nSPS) is 11.8. The van der Waals surface area contributed by atoms with E-state index in [2.05, 4.69) is 13.0 Å². The summed E-state index contributed by atoms with van der Waals surface area (Å²) in [5.74, 6) is 0.287. The van der Waals surface area contributed by atoms with Gasteiger partial charge in [0.15, 0.2) is 0 Å². The molecule has 0 aliphatic heterocycles. The third-order valence-corrected chi connectivity index (χ3v) is 2.15. The van der Waals surface area contributed by atoms with Gasteiger partial charge in [-0.2, -0.15) is 0 Å². The maximum atomic E-state index is 11.0. The van der Waals surface area contributed by atoms with Crippen LogP contribution in [0.4, 0.5) is 0 Å². The fraction of sp³-hybridized carbons (Fsp3) is 0.267. The van der Waals surface area contributed by atoms with Crippen molar-refractivity contribution in [1.82, 2.24) is 0 Å². The summed E-state index contributed by atoms with van der Waals surface area (Å²) in [6.45, 7) is 3.53. The van der Waals surface area contributed by atoms with Crippen LogP contribution in [0.5, 0.6) is 0 Å². The highest BCUT2D eigenvalue weighted by atomic mass is 16.5. The topological polar surface area (TPSA) is 26.3 Å². The lowest BCUT2D eigenvalue weighted by molar-refractivity contribution is -0.134. The SMILES string of the molecule is CCC/C=C/C=C(\OC(C)=O)c1ccccc1. The van der Waals surface area contributed by atoms with Crippen LogP contribution in [0.1, 0.15) is 32.3 Å². The van der Waals surface area contributed by atoms with E-state index in [4.69, 9.17) is 4.74 Å². The number of hydrogen-bond acceptors (Lipinski definition) is 2. The van der Waals surface area contributed by atoms with Crippen molar-refractivity contribution in [1.29, 1.82) is 0 Å². The molecule has 0 aromatic heterocycles. The van der Waals surface area contributed by atoms with Gasteiger partial charge in [0, 0.05) is 12.5 Å². The van der Waals surface area contributed by atoms with Crippen molar-refractivity contribution >= 4 is 11.7 Å². The van der Waals surface area contributed by atoms with Crippen LogP contribution in [-0.4, -0.2) is 5.97 Å². The molecule has 0 spiro atoms. The number of allylic oxidation sites excluding steroid dienone is 3. The maximum Gasteiger partial charge on any atom is 0.308 e. The van der Waals surface area contributed by atoms with E-state index in [0.717, 1.165) is 18.4 Å². The average molecular weight is 230 g/mol. The van der Waals surface area contributed by atoms with E-state index in [1.165, 1.54) is 6.92 Å². The third-order valence-electron chi connectivity index (χ3n) is 2.15. The number of esters is 1. The van der Waals surface area contributed by atoms with E-state index in [-0.39, 0.29) is 5.97 Å². The van der Waals surface area contributed by atoms with E-state index in [0.29, 0.717) is 5.76 Å². The minimum absolute atomic E-state index is 0.302. The van der Waals surface area contributed by atoms with Crippen molar-refractivity contribution in [3.63, 3.8) is 0 Å². The Morgan fingerprint density at radius 3 is 2.59 bits per heavy atom. The summed E-state index contributed by atoms with van der Waals surface area (Å²) in [4.78, 5) is 11.0. The molecular formula is C15H18O2. The molecule has 0 bridgehead atoms. The first kappa shape index (κ1) is 13.2. The minimum Gasteiger partial charge on any atom is -0.426 e. The smallest absolute Gasteiger partial charge is 0.308 e. The zero-order chi connectivity index (χ0) is 12.5. The molecule has 0 N–H and O–H groups in total. The zero-order valence-corrected chi connectivity index (χ0v) is 10.3. The first-order chi connectivity index (χ1) is 8.24. The Morgan fingerprint density at radius 2 is 2.00 bits per heavy atom. The van der Waals surface area contributed by atoms with E-state index in [9.17, 15) is 4.79 Å². The molecule has 0 saturated carbocycles. The molecule has 1 rings (SSSR count). The molecule has 1 aromatic carbocycles. The van der Waals surface area contributed by atoms with E-state index < -0.39 is 0 Å². The Balaban J connectivity index is 2.84. The molecule has 0 fully saturated rings. The van der Waals surface area contributed by atoms with Crippen LogP contribution in [-0.2, 0) is 9.53 Å². The molecule has 17 heavy (non-hydrogen) atoms. The minimum atomic E-state index is -0.302. The predicted molar refractivity (Wildman–Crippen MR) is 70.2 cm³/mol. The van der Waals surface area contributed by atoms with Crippen molar-refractivity contribution in [3.8, 4) is 0 Å². The molecule has 2 heteroatoms. The van der Waals surface area contributed by atoms with Crippen molar-refractivity contribution in [2.75, 3.05) is 0 Å². The molecule has 0 aliphatic carbocycles. The summed E-state index contributed by atoms with van der Waals surface area (Å²) in [6, 6.07) is 9.61. The highest BCUT2D eigenvalue weighted by molar-refractivity contribution is 5.76. The number of unbranched alkanes of at least 4 members (excludes halogenated alkanes) is 1. The molecule has 0 heterocycles. The van der Waals surface area contributed by atoms with Gasteiger partial charge in [0.05, 0.1) is 0 Å². The van der Waals surface area contributed by atoms with Crippen molar-refractivity contribution in [2.45, 2.75) is 26.7 Å². The second-order valence-electron chi connectivity index (χ2n) is 3.71. The average Bonchev–Trinajstić information content (AvgIpc) is 2.34. The van der Waals surface area contributed by atoms with Gasteiger partial charge in [0.2, 0.25) is 0 Å². The lowest BCUT2D eigenvalue weighted by Crippen LogP contribution is -1.97. The molecule has 0 unspecified atom stereocenters. The molecule has 0 radical (unpaired) electrons. The molecule has 0 atom stereocenters. The second kappa shape index (κ2) is 7.44. The number of hydrogen-bond donors (Lipinski definition) is 0. The van der Waals surface area contributed by atoms with E-state index >= 15 is 0 Å². The highest BCUT2D eigenvalue weighted by Gasteiger charge is 2.03. The van der Waals surface area contributed by atoms with Crippen LogP contribution < -0.4 is 0 Å². The van der Waals surface area contributed by atoms with Gasteiger partial charge in [0.25, 0.3) is 0 Å². The van der Waals surface area contributed by atoms with Crippen molar-refractivity contribution in [2.24, 2.45) is 0 Å². The largest absolute Gasteiger partial charge is 0.426 e. The number of rotatable bonds is 5. The maximum absolute atomic E-state index is 11.0. The lowest BCUT2D eigenvalue weighted by Gasteiger charge is -2.05. The van der Waals surface area contributed by atoms with Gasteiger partial charge in [-0.05, 0) is 12.5 Å². The summed E-state index contributed by atoms with van der Waals surface area (Å²) in [6.07, 6.45) is 7.95. The van der Waals surface area contributed by atoms with Crippen LogP contribution in [0.15, 0.2) is 48.6 Å². The third kappa shape index (κ3) is 5.16. The lowest BCUT2D eigenvalue weighted by atomic mass is 10.1. The van der Waals surface area contributed by atoms with Gasteiger partial charge in [-0.1, -0.05) is 55.8 Å². The van der Waals surface area contributed by atoms with Crippen LogP contribution >= 0.6 is 0 Å². The molecule has 0 amide bonds. The number of carbonyl (C=O) groups excluding carboxylic acids is 1. The van der Waals surface area contributed by atoms with Crippen LogP contribution in [0, 0.1) is 0 Å². The predicted octanol–water partition coefficient (Wildman–Crippen LogP) is 3.95. The van der Waals surface area contributed by atoms with Gasteiger partial charge in [-0.25, -0.2) is 0 Å². The standard InChI is InChI=1S/C15H18O2/c1-3-4-5-9-12-15(17-13(2)16)14-10-7-6-8-11-14/h5-12H,3-4H2,1-2H3/b9-5+,15-12-. The van der Waals surface area contributed by atoms with Crippen LogP contribution in [0.3, 0.4) is 0 Å². The van der Waals surface area contributed by atoms with Gasteiger partial charge in [-0.15, -0.1) is 0 Å². The zero-order valence-electron chi connectivity index (χ0n) is 10.3. The van der Waals surface area contributed by atoms with Gasteiger partial charge >= 0.3 is 5.97 Å². The number of carbonyl (C=O) groups is 1. The van der Waals surface area contributed by atoms with Gasteiger partial charge in [0.1, 0.15) is 5.76 Å². The summed E-state index contributed by atoms with van der Waals surface area (Å²) in [5, 5.41) is 0. The first-order valence-corrected chi connectivity index (χ1v) is 5.84. The van der Waals surface area contributed by atoms with Crippen molar-refractivity contribution < 1.29 is 9.53 Å². The Hall–Kier alpha value is -1.83. The molecular weight excluding hydrogens is 212 g/mol. The van der Waals surface area contributed by atoms with Gasteiger partial charge in [-0.3, -0.25) is 4.79 Å². The molecule has 0 saturated heterocycles. The monoisotopic (exact) mass is 230 g/mol. The Labute approximate surface area is 103 Å². The van der Waals surface area contributed by atoms with Crippen molar-refractivity contribution in [3.05, 3.63) is 54.1 Å². The summed E-state index contributed by atoms with van der Waals surface area (Å²) in [5.41, 5.74) is 0.906. The van der Waals surface area contributed by atoms with Crippen LogP contribution in [0.25, 0.3) is 5.76 Å². The summed E-state index contributed by atoms with van der Waals surface area (Å²) >= 11 is 0. The summed E-state index contributed by atoms with van der Waals surface area (Å²) in [7, 11) is 0. The molecule has 90 valence electrons. The fourth-order valence-corrected chi connectivity index (χ4v) is 1.36.